The summed E-state index contributed by atoms with van der Waals surface area (Å²) in [7, 11) is -5.65. The Balaban J connectivity index is 1.59. The number of carboxylic acids is 1. The maximum atomic E-state index is 12.3. The van der Waals surface area contributed by atoms with Crippen LogP contribution in [0.4, 0.5) is 11.4 Å². The van der Waals surface area contributed by atoms with Gasteiger partial charge in [-0.2, -0.15) is 16.8 Å². The number of hydrogen-bond acceptors (Lipinski definition) is 16. The molecule has 0 aromatic heterocycles. The van der Waals surface area contributed by atoms with Crippen molar-refractivity contribution in [1.82, 2.24) is 0 Å². The van der Waals surface area contributed by atoms with Crippen molar-refractivity contribution in [2.24, 2.45) is 5.41 Å². The van der Waals surface area contributed by atoms with Gasteiger partial charge in [0.2, 0.25) is 0 Å². The number of methoxy groups -OCH3 is 2. The van der Waals surface area contributed by atoms with E-state index in [1.807, 2.05) is 36.1 Å². The summed E-state index contributed by atoms with van der Waals surface area (Å²) in [6.07, 6.45) is 7.48. The van der Waals surface area contributed by atoms with E-state index >= 15 is 0 Å². The molecular formula is C50H76N2O17S2. The van der Waals surface area contributed by atoms with E-state index in [4.69, 9.17) is 42.6 Å². The average Bonchev–Trinajstić information content (AvgIpc) is 3.53. The Morgan fingerprint density at radius 1 is 0.775 bits per heavy atom. The average molecular weight is 1040 g/mol. The molecule has 0 spiro atoms. The molecule has 0 aliphatic carbocycles. The van der Waals surface area contributed by atoms with Crippen LogP contribution < -0.4 is 14.5 Å². The number of aliphatic carboxylic acids is 1. The van der Waals surface area contributed by atoms with Gasteiger partial charge in [0, 0.05) is 74.4 Å². The third-order valence-electron chi connectivity index (χ3n) is 11.8. The van der Waals surface area contributed by atoms with Crippen LogP contribution in [0.25, 0.3) is 5.57 Å². The van der Waals surface area contributed by atoms with E-state index < -0.39 is 43.5 Å². The van der Waals surface area contributed by atoms with Gasteiger partial charge < -0.3 is 57.5 Å². The number of rotatable bonds is 36. The van der Waals surface area contributed by atoms with Crippen molar-refractivity contribution in [3.8, 4) is 5.75 Å². The Morgan fingerprint density at radius 3 is 1.83 bits per heavy atom. The molecule has 2 aromatic rings. The molecule has 400 valence electrons. The van der Waals surface area contributed by atoms with Crippen LogP contribution in [-0.2, 0) is 68.3 Å². The van der Waals surface area contributed by atoms with Crippen LogP contribution >= 0.6 is 0 Å². The van der Waals surface area contributed by atoms with Crippen molar-refractivity contribution >= 4 is 43.2 Å². The standard InChI is InChI=1S/C50H76N2O17S2/c1-49(2,3)43-37-40(10-7-11-47-50(4,17-8-12-48(53)54)44-38-41(71(58,59)60)14-16-45(44)52(47)18-9-35-70(55,56)57)69-46-36-39(13-15-42(43)46)51(19-21-63-27-29-67-33-31-65-25-23-61-5)20-22-64-28-30-68-34-32-66-26-24-62-6/h7,10-11,13-16,36-38,40H,8-9,12,17-35H2,1-6H3,(H,53,54)(H,55,56,57)(H,58,59,60)/b10-7+,47-11+. The number of benzene rings is 2. The zero-order chi connectivity index (χ0) is 51.9. The highest BCUT2D eigenvalue weighted by Gasteiger charge is 2.44. The van der Waals surface area contributed by atoms with Gasteiger partial charge in [0.25, 0.3) is 20.2 Å². The molecule has 2 unspecified atom stereocenters. The molecule has 0 fully saturated rings. The zero-order valence-corrected chi connectivity index (χ0v) is 43.8. The summed E-state index contributed by atoms with van der Waals surface area (Å²) < 4.78 is 119. The van der Waals surface area contributed by atoms with Crippen LogP contribution in [0.2, 0.25) is 0 Å². The van der Waals surface area contributed by atoms with E-state index in [0.717, 1.165) is 16.8 Å². The minimum Gasteiger partial charge on any atom is -0.482 e. The highest BCUT2D eigenvalue weighted by molar-refractivity contribution is 7.86. The monoisotopic (exact) mass is 1040 g/mol. The molecule has 0 bridgehead atoms. The van der Waals surface area contributed by atoms with Crippen molar-refractivity contribution < 1.29 is 78.5 Å². The summed E-state index contributed by atoms with van der Waals surface area (Å²) in [6, 6.07) is 10.3. The molecule has 2 aliphatic heterocycles. The van der Waals surface area contributed by atoms with Crippen molar-refractivity contribution in [1.29, 1.82) is 0 Å². The maximum absolute atomic E-state index is 12.3. The van der Waals surface area contributed by atoms with Gasteiger partial charge in [-0.25, -0.2) is 0 Å². The second kappa shape index (κ2) is 29.7. The van der Waals surface area contributed by atoms with E-state index in [1.54, 1.807) is 20.3 Å². The van der Waals surface area contributed by atoms with Gasteiger partial charge in [0.1, 0.15) is 11.9 Å². The predicted molar refractivity (Wildman–Crippen MR) is 270 cm³/mol. The van der Waals surface area contributed by atoms with Crippen LogP contribution in [0.5, 0.6) is 5.75 Å². The topological polar surface area (TPSA) is 236 Å². The molecule has 0 amide bonds. The summed E-state index contributed by atoms with van der Waals surface area (Å²) in [5, 5.41) is 9.54. The molecule has 0 radical (unpaired) electrons. The molecule has 0 saturated carbocycles. The number of fused-ring (bicyclic) bond motifs is 2. The fourth-order valence-corrected chi connectivity index (χ4v) is 9.25. The van der Waals surface area contributed by atoms with Crippen LogP contribution in [0, 0.1) is 5.41 Å². The molecule has 0 saturated heterocycles. The van der Waals surface area contributed by atoms with Gasteiger partial charge >= 0.3 is 5.97 Å². The molecule has 2 aromatic carbocycles. The van der Waals surface area contributed by atoms with Gasteiger partial charge in [-0.3, -0.25) is 13.9 Å². The minimum absolute atomic E-state index is 0.0307. The Labute approximate surface area is 420 Å². The first-order chi connectivity index (χ1) is 33.8. The number of carbonyl (C=O) groups is 1. The lowest BCUT2D eigenvalue weighted by Crippen LogP contribution is -2.32. The fraction of sp³-hybridized carbons (Fsp3) is 0.620. The summed E-state index contributed by atoms with van der Waals surface area (Å²) >= 11 is 0. The zero-order valence-electron chi connectivity index (χ0n) is 42.2. The van der Waals surface area contributed by atoms with Gasteiger partial charge in [0.05, 0.1) is 103 Å². The first kappa shape index (κ1) is 59.6. The molecule has 71 heavy (non-hydrogen) atoms. The smallest absolute Gasteiger partial charge is 0.303 e. The molecule has 2 heterocycles. The van der Waals surface area contributed by atoms with Gasteiger partial charge in [-0.05, 0) is 91.3 Å². The third-order valence-corrected chi connectivity index (χ3v) is 13.5. The summed E-state index contributed by atoms with van der Waals surface area (Å²) in [5.41, 5.74) is 3.39. The maximum Gasteiger partial charge on any atom is 0.303 e. The Kier molecular flexibility index (Phi) is 24.9. The van der Waals surface area contributed by atoms with Gasteiger partial charge in [-0.1, -0.05) is 26.8 Å². The van der Waals surface area contributed by atoms with E-state index in [9.17, 15) is 35.8 Å². The predicted octanol–water partition coefficient (Wildman–Crippen LogP) is 6.07. The summed E-state index contributed by atoms with van der Waals surface area (Å²) in [6.45, 7) is 15.9. The third kappa shape index (κ3) is 20.1. The molecule has 3 N–H and O–H groups in total. The second-order valence-electron chi connectivity index (χ2n) is 18.2. The lowest BCUT2D eigenvalue weighted by atomic mass is 9.77. The van der Waals surface area contributed by atoms with Crippen molar-refractivity contribution in [2.75, 3.05) is 142 Å². The van der Waals surface area contributed by atoms with E-state index in [-0.39, 0.29) is 42.5 Å². The molecular weight excluding hydrogens is 965 g/mol. The van der Waals surface area contributed by atoms with Crippen molar-refractivity contribution in [3.05, 3.63) is 77.5 Å². The first-order valence-electron chi connectivity index (χ1n) is 24.0. The summed E-state index contributed by atoms with van der Waals surface area (Å²) in [4.78, 5) is 15.4. The van der Waals surface area contributed by atoms with Crippen LogP contribution in [0.1, 0.15) is 64.5 Å². The Morgan fingerprint density at radius 2 is 1.32 bits per heavy atom. The van der Waals surface area contributed by atoms with Crippen LogP contribution in [0.3, 0.4) is 0 Å². The molecule has 19 nitrogen and oxygen atoms in total. The van der Waals surface area contributed by atoms with Crippen molar-refractivity contribution in [2.45, 2.75) is 69.8 Å². The normalized spacial score (nSPS) is 17.7. The fourth-order valence-electron chi connectivity index (χ4n) is 8.25. The highest BCUT2D eigenvalue weighted by atomic mass is 32.2. The number of hydrogen-bond donors (Lipinski definition) is 3. The van der Waals surface area contributed by atoms with Crippen LogP contribution in [-0.4, -0.2) is 175 Å². The summed E-state index contributed by atoms with van der Waals surface area (Å²) in [5.74, 6) is -0.838. The highest BCUT2D eigenvalue weighted by Crippen LogP contribution is 2.51. The largest absolute Gasteiger partial charge is 0.482 e. The molecule has 2 atom stereocenters. The second-order valence-corrected chi connectivity index (χ2v) is 21.2. The van der Waals surface area contributed by atoms with E-state index in [1.165, 1.54) is 12.1 Å². The van der Waals surface area contributed by atoms with E-state index in [2.05, 4.69) is 43.9 Å². The van der Waals surface area contributed by atoms with Gasteiger partial charge in [-0.15, -0.1) is 0 Å². The molecule has 4 rings (SSSR count). The lowest BCUT2D eigenvalue weighted by Gasteiger charge is -2.33. The molecule has 21 heteroatoms. The number of anilines is 2. The first-order valence-corrected chi connectivity index (χ1v) is 27.0. The Hall–Kier alpha value is -3.97. The minimum atomic E-state index is -4.61. The quantitative estimate of drug-likeness (QED) is 0.0519. The lowest BCUT2D eigenvalue weighted by molar-refractivity contribution is -0.137. The van der Waals surface area contributed by atoms with E-state index in [0.29, 0.717) is 128 Å². The number of carboxylic acid groups (broad SMARTS) is 1. The van der Waals surface area contributed by atoms with Crippen molar-refractivity contribution in [3.63, 3.8) is 0 Å². The Bertz CT molecular complexity index is 2250. The number of allylic oxidation sites excluding steroid dienone is 4. The van der Waals surface area contributed by atoms with Crippen LogP contribution in [0.15, 0.2) is 71.3 Å². The number of nitrogens with zero attached hydrogens (tertiary/aromatic N) is 2. The SMILES string of the molecule is COCCOCCOCCOCCN(CCOCCOCCOCCOC)c1ccc2c(c1)OC(/C=C/C=C1/N(CCCS(=O)(=O)O)c3ccc(S(=O)(=O)O)cc3C1(C)CCCC(=O)O)C=C2C(C)(C)C. The number of ether oxygens (including phenoxy) is 9. The molecule has 2 aliphatic rings. The van der Waals surface area contributed by atoms with Gasteiger partial charge in [0.15, 0.2) is 0 Å².